The molecule has 0 bridgehead atoms. The molecule has 1 heteroatoms. The topological polar surface area (TPSA) is 0 Å². The molecule has 0 saturated carbocycles. The SMILES string of the molecule is CCCCC(CC)C(Cl)c1ccc(C)c2ccccc12. The minimum atomic E-state index is 0.122. The molecule has 20 heavy (non-hydrogen) atoms. The predicted octanol–water partition coefficient (Wildman–Crippen LogP) is 6.64. The molecule has 0 saturated heterocycles. The Morgan fingerprint density at radius 2 is 1.70 bits per heavy atom. The van der Waals surface area contributed by atoms with E-state index < -0.39 is 0 Å². The van der Waals surface area contributed by atoms with Gasteiger partial charge in [-0.1, -0.05) is 69.5 Å². The van der Waals surface area contributed by atoms with E-state index in [4.69, 9.17) is 11.6 Å². The monoisotopic (exact) mass is 288 g/mol. The zero-order valence-electron chi connectivity index (χ0n) is 12.8. The molecule has 0 radical (unpaired) electrons. The lowest BCUT2D eigenvalue weighted by Gasteiger charge is -2.23. The third-order valence-corrected chi connectivity index (χ3v) is 4.93. The fourth-order valence-corrected chi connectivity index (χ4v) is 3.49. The van der Waals surface area contributed by atoms with Crippen LogP contribution in [0.4, 0.5) is 0 Å². The summed E-state index contributed by atoms with van der Waals surface area (Å²) in [5.41, 5.74) is 2.63. The maximum absolute atomic E-state index is 6.84. The maximum Gasteiger partial charge on any atom is 0.0619 e. The van der Waals surface area contributed by atoms with Gasteiger partial charge < -0.3 is 0 Å². The summed E-state index contributed by atoms with van der Waals surface area (Å²) in [6.45, 7) is 6.67. The molecule has 2 aromatic rings. The van der Waals surface area contributed by atoms with Crippen molar-refractivity contribution in [2.75, 3.05) is 0 Å². The highest BCUT2D eigenvalue weighted by Crippen LogP contribution is 2.38. The van der Waals surface area contributed by atoms with Gasteiger partial charge in [0.05, 0.1) is 5.38 Å². The number of aryl methyl sites for hydroxylation is 1. The molecule has 0 N–H and O–H groups in total. The van der Waals surface area contributed by atoms with Crippen LogP contribution in [-0.2, 0) is 0 Å². The summed E-state index contributed by atoms with van der Waals surface area (Å²) in [5.74, 6) is 0.572. The Balaban J connectivity index is 2.38. The first-order valence-electron chi connectivity index (χ1n) is 7.81. The first kappa shape index (κ1) is 15.4. The van der Waals surface area contributed by atoms with Crippen molar-refractivity contribution in [3.8, 4) is 0 Å². The standard InChI is InChI=1S/C19H25Cl/c1-4-6-9-15(5-2)19(20)18-13-12-14(3)16-10-7-8-11-17(16)18/h7-8,10-13,15,19H,4-6,9H2,1-3H3. The molecular formula is C19H25Cl. The molecule has 0 amide bonds. The van der Waals surface area contributed by atoms with E-state index in [0.717, 1.165) is 6.42 Å². The highest BCUT2D eigenvalue weighted by Gasteiger charge is 2.21. The molecule has 0 aliphatic carbocycles. The average Bonchev–Trinajstić information content (AvgIpc) is 2.48. The number of halogens is 1. The molecule has 2 atom stereocenters. The lowest BCUT2D eigenvalue weighted by molar-refractivity contribution is 0.438. The maximum atomic E-state index is 6.84. The summed E-state index contributed by atoms with van der Waals surface area (Å²) in [6.07, 6.45) is 4.89. The molecule has 108 valence electrons. The largest absolute Gasteiger partial charge is 0.117 e. The number of hydrogen-bond donors (Lipinski definition) is 0. The molecule has 0 aliphatic heterocycles. The number of unbranched alkanes of at least 4 members (excludes halogenated alkanes) is 1. The summed E-state index contributed by atoms with van der Waals surface area (Å²) in [4.78, 5) is 0. The van der Waals surface area contributed by atoms with Gasteiger partial charge in [-0.15, -0.1) is 11.6 Å². The van der Waals surface area contributed by atoms with Gasteiger partial charge >= 0.3 is 0 Å². The molecule has 0 aromatic heterocycles. The molecule has 0 spiro atoms. The number of alkyl halides is 1. The zero-order valence-corrected chi connectivity index (χ0v) is 13.6. The van der Waals surface area contributed by atoms with Crippen molar-refractivity contribution in [3.63, 3.8) is 0 Å². The third-order valence-electron chi connectivity index (χ3n) is 4.34. The predicted molar refractivity (Wildman–Crippen MR) is 90.6 cm³/mol. The van der Waals surface area contributed by atoms with E-state index in [-0.39, 0.29) is 5.38 Å². The molecule has 2 aromatic carbocycles. The van der Waals surface area contributed by atoms with Crippen molar-refractivity contribution in [2.24, 2.45) is 5.92 Å². The molecule has 2 rings (SSSR count). The number of benzene rings is 2. The van der Waals surface area contributed by atoms with Crippen LogP contribution in [0.15, 0.2) is 36.4 Å². The summed E-state index contributed by atoms with van der Waals surface area (Å²) in [6, 6.07) is 13.1. The van der Waals surface area contributed by atoms with Crippen LogP contribution in [0.1, 0.15) is 56.0 Å². The molecule has 0 nitrogen and oxygen atoms in total. The summed E-state index contributed by atoms with van der Waals surface area (Å²) >= 11 is 6.84. The van der Waals surface area contributed by atoms with Crippen LogP contribution < -0.4 is 0 Å². The fraction of sp³-hybridized carbons (Fsp3) is 0.474. The van der Waals surface area contributed by atoms with Crippen molar-refractivity contribution in [1.29, 1.82) is 0 Å². The van der Waals surface area contributed by atoms with E-state index in [9.17, 15) is 0 Å². The third kappa shape index (κ3) is 3.17. The average molecular weight is 289 g/mol. The summed E-state index contributed by atoms with van der Waals surface area (Å²) < 4.78 is 0. The molecule has 0 aliphatic rings. The van der Waals surface area contributed by atoms with Gasteiger partial charge in [0.25, 0.3) is 0 Å². The van der Waals surface area contributed by atoms with Crippen LogP contribution in [0.2, 0.25) is 0 Å². The van der Waals surface area contributed by atoms with E-state index in [1.807, 2.05) is 0 Å². The van der Waals surface area contributed by atoms with Crippen molar-refractivity contribution in [1.82, 2.24) is 0 Å². The normalized spacial score (nSPS) is 14.4. The van der Waals surface area contributed by atoms with E-state index in [2.05, 4.69) is 57.2 Å². The summed E-state index contributed by atoms with van der Waals surface area (Å²) in [5, 5.41) is 2.78. The van der Waals surface area contributed by atoms with Crippen LogP contribution >= 0.6 is 11.6 Å². The number of rotatable bonds is 6. The second-order valence-corrected chi connectivity index (χ2v) is 6.20. The van der Waals surface area contributed by atoms with Gasteiger partial charge in [-0.3, -0.25) is 0 Å². The van der Waals surface area contributed by atoms with E-state index in [0.29, 0.717) is 5.92 Å². The Kier molecular flexibility index (Phi) is 5.48. The molecule has 0 heterocycles. The Morgan fingerprint density at radius 1 is 1.00 bits per heavy atom. The smallest absolute Gasteiger partial charge is 0.0619 e. The lowest BCUT2D eigenvalue weighted by atomic mass is 9.88. The molecular weight excluding hydrogens is 264 g/mol. The van der Waals surface area contributed by atoms with E-state index >= 15 is 0 Å². The number of hydrogen-bond acceptors (Lipinski definition) is 0. The van der Waals surface area contributed by atoms with Crippen LogP contribution in [0, 0.1) is 12.8 Å². The van der Waals surface area contributed by atoms with Gasteiger partial charge in [0.15, 0.2) is 0 Å². The van der Waals surface area contributed by atoms with Gasteiger partial charge in [0.1, 0.15) is 0 Å². The van der Waals surface area contributed by atoms with Gasteiger partial charge in [-0.05, 0) is 41.2 Å². The van der Waals surface area contributed by atoms with Crippen molar-refractivity contribution < 1.29 is 0 Å². The quantitative estimate of drug-likeness (QED) is 0.522. The zero-order chi connectivity index (χ0) is 14.5. The first-order chi connectivity index (χ1) is 9.69. The van der Waals surface area contributed by atoms with Crippen molar-refractivity contribution in [2.45, 2.75) is 51.8 Å². The highest BCUT2D eigenvalue weighted by molar-refractivity contribution is 6.22. The summed E-state index contributed by atoms with van der Waals surface area (Å²) in [7, 11) is 0. The highest BCUT2D eigenvalue weighted by atomic mass is 35.5. The van der Waals surface area contributed by atoms with Gasteiger partial charge in [-0.25, -0.2) is 0 Å². The van der Waals surface area contributed by atoms with Crippen LogP contribution in [0.5, 0.6) is 0 Å². The molecule has 2 unspecified atom stereocenters. The van der Waals surface area contributed by atoms with Gasteiger partial charge in [0.2, 0.25) is 0 Å². The Labute approximate surface area is 128 Å². The van der Waals surface area contributed by atoms with Crippen LogP contribution in [-0.4, -0.2) is 0 Å². The number of fused-ring (bicyclic) bond motifs is 1. The minimum Gasteiger partial charge on any atom is -0.117 e. The first-order valence-corrected chi connectivity index (χ1v) is 8.25. The van der Waals surface area contributed by atoms with Gasteiger partial charge in [0, 0.05) is 0 Å². The lowest BCUT2D eigenvalue weighted by Crippen LogP contribution is -2.08. The van der Waals surface area contributed by atoms with E-state index in [1.54, 1.807) is 0 Å². The second kappa shape index (κ2) is 7.13. The van der Waals surface area contributed by atoms with Gasteiger partial charge in [-0.2, -0.15) is 0 Å². The van der Waals surface area contributed by atoms with Crippen molar-refractivity contribution >= 4 is 22.4 Å². The van der Waals surface area contributed by atoms with E-state index in [1.165, 1.54) is 41.2 Å². The Morgan fingerprint density at radius 3 is 2.35 bits per heavy atom. The van der Waals surface area contributed by atoms with Crippen LogP contribution in [0.3, 0.4) is 0 Å². The minimum absolute atomic E-state index is 0.122. The van der Waals surface area contributed by atoms with Crippen LogP contribution in [0.25, 0.3) is 10.8 Å². The molecule has 0 fully saturated rings. The Bertz CT molecular complexity index is 559. The second-order valence-electron chi connectivity index (χ2n) is 5.73. The Hall–Kier alpha value is -1.01. The van der Waals surface area contributed by atoms with Crippen molar-refractivity contribution in [3.05, 3.63) is 47.5 Å². The fourth-order valence-electron chi connectivity index (χ4n) is 2.99.